The number of amides is 1. The van der Waals surface area contributed by atoms with Gasteiger partial charge in [0.15, 0.2) is 17.5 Å². The van der Waals surface area contributed by atoms with E-state index < -0.39 is 24.2 Å². The van der Waals surface area contributed by atoms with Crippen molar-refractivity contribution in [3.05, 3.63) is 53.9 Å². The minimum Gasteiger partial charge on any atom is -0.355 e. The number of hydrogen-bond acceptors (Lipinski definition) is 4. The van der Waals surface area contributed by atoms with E-state index in [1.807, 2.05) is 30.3 Å². The van der Waals surface area contributed by atoms with E-state index in [-0.39, 0.29) is 23.9 Å². The van der Waals surface area contributed by atoms with Crippen LogP contribution in [0.25, 0.3) is 11.3 Å². The minimum absolute atomic E-state index is 0.0447. The maximum absolute atomic E-state index is 13.7. The summed E-state index contributed by atoms with van der Waals surface area (Å²) in [7, 11) is 0. The predicted molar refractivity (Wildman–Crippen MR) is 102 cm³/mol. The molecule has 2 aliphatic rings. The van der Waals surface area contributed by atoms with Crippen LogP contribution in [-0.2, 0) is 0 Å². The van der Waals surface area contributed by atoms with Gasteiger partial charge in [0, 0.05) is 23.7 Å². The van der Waals surface area contributed by atoms with E-state index in [2.05, 4.69) is 10.3 Å². The summed E-state index contributed by atoms with van der Waals surface area (Å²) in [6.45, 7) is 1.62. The first kappa shape index (κ1) is 18.9. The standard InChI is InChI=1S/C21H19F3N4O2/c1-12-9-19-27(16(13-7-8-13)11-18(21(22,23)24)28(19)25-12)20(29)15-10-17(30-26-15)14-5-3-2-4-6-14/h2-6,9-10,13,16,18H,7-8,11H2,1H3. The molecule has 3 heterocycles. The van der Waals surface area contributed by atoms with Crippen molar-refractivity contribution in [1.82, 2.24) is 14.9 Å². The number of hydrogen-bond donors (Lipinski definition) is 0. The first-order valence-corrected chi connectivity index (χ1v) is 9.81. The van der Waals surface area contributed by atoms with Gasteiger partial charge in [-0.05, 0) is 32.1 Å². The molecule has 5 rings (SSSR count). The third kappa shape index (κ3) is 3.18. The van der Waals surface area contributed by atoms with Gasteiger partial charge in [0.05, 0.1) is 5.69 Å². The smallest absolute Gasteiger partial charge is 0.355 e. The van der Waals surface area contributed by atoms with Crippen molar-refractivity contribution in [1.29, 1.82) is 0 Å². The van der Waals surface area contributed by atoms with Crippen molar-refractivity contribution in [3.8, 4) is 11.3 Å². The largest absolute Gasteiger partial charge is 0.410 e. The third-order valence-electron chi connectivity index (χ3n) is 5.73. The van der Waals surface area contributed by atoms with Gasteiger partial charge in [-0.25, -0.2) is 4.68 Å². The first-order valence-electron chi connectivity index (χ1n) is 9.81. The van der Waals surface area contributed by atoms with Crippen molar-refractivity contribution in [2.75, 3.05) is 4.90 Å². The van der Waals surface area contributed by atoms with Crippen molar-refractivity contribution >= 4 is 11.7 Å². The molecule has 0 saturated heterocycles. The Bertz CT molecular complexity index is 1090. The average molecular weight is 416 g/mol. The average Bonchev–Trinajstić information content (AvgIpc) is 3.30. The Balaban J connectivity index is 1.55. The van der Waals surface area contributed by atoms with Gasteiger partial charge < -0.3 is 4.52 Å². The molecule has 1 aliphatic heterocycles. The Morgan fingerprint density at radius 3 is 2.57 bits per heavy atom. The Morgan fingerprint density at radius 2 is 1.90 bits per heavy atom. The molecule has 0 radical (unpaired) electrons. The van der Waals surface area contributed by atoms with Crippen LogP contribution in [0, 0.1) is 12.8 Å². The highest BCUT2D eigenvalue weighted by atomic mass is 19.4. The second-order valence-electron chi connectivity index (χ2n) is 7.90. The molecule has 1 aromatic carbocycles. The van der Waals surface area contributed by atoms with Crippen molar-refractivity contribution < 1.29 is 22.5 Å². The highest BCUT2D eigenvalue weighted by Gasteiger charge is 2.53. The molecule has 1 amide bonds. The molecule has 2 aromatic heterocycles. The number of aryl methyl sites for hydroxylation is 1. The lowest BCUT2D eigenvalue weighted by Crippen LogP contribution is -2.50. The van der Waals surface area contributed by atoms with Gasteiger partial charge in [-0.1, -0.05) is 35.5 Å². The molecular formula is C21H19F3N4O2. The van der Waals surface area contributed by atoms with Gasteiger partial charge >= 0.3 is 6.18 Å². The van der Waals surface area contributed by atoms with Crippen molar-refractivity contribution in [3.63, 3.8) is 0 Å². The van der Waals surface area contributed by atoms with Gasteiger partial charge in [-0.2, -0.15) is 18.3 Å². The van der Waals surface area contributed by atoms with Crippen LogP contribution in [0.4, 0.5) is 19.0 Å². The van der Waals surface area contributed by atoms with Crippen LogP contribution in [0.5, 0.6) is 0 Å². The Labute approximate surface area is 170 Å². The van der Waals surface area contributed by atoms with E-state index in [0.717, 1.165) is 23.1 Å². The summed E-state index contributed by atoms with van der Waals surface area (Å²) >= 11 is 0. The molecule has 9 heteroatoms. The van der Waals surface area contributed by atoms with Gasteiger partial charge in [-0.15, -0.1) is 0 Å². The lowest BCUT2D eigenvalue weighted by atomic mass is 9.97. The number of fused-ring (bicyclic) bond motifs is 1. The maximum Gasteiger partial charge on any atom is 0.410 e. The number of benzene rings is 1. The quantitative estimate of drug-likeness (QED) is 0.617. The molecule has 3 aromatic rings. The summed E-state index contributed by atoms with van der Waals surface area (Å²) in [5.41, 5.74) is 1.26. The fraction of sp³-hybridized carbons (Fsp3) is 0.381. The van der Waals surface area contributed by atoms with Gasteiger partial charge in [0.2, 0.25) is 0 Å². The zero-order valence-electron chi connectivity index (χ0n) is 16.1. The third-order valence-corrected chi connectivity index (χ3v) is 5.73. The molecule has 1 saturated carbocycles. The number of halogens is 3. The summed E-state index contributed by atoms with van der Waals surface area (Å²) in [6, 6.07) is 9.97. The van der Waals surface area contributed by atoms with Crippen LogP contribution >= 0.6 is 0 Å². The first-order chi connectivity index (χ1) is 14.3. The van der Waals surface area contributed by atoms with E-state index in [1.54, 1.807) is 6.92 Å². The highest BCUT2D eigenvalue weighted by molar-refractivity contribution is 6.05. The van der Waals surface area contributed by atoms with Crippen LogP contribution in [0.1, 0.15) is 41.5 Å². The van der Waals surface area contributed by atoms with Crippen LogP contribution < -0.4 is 4.90 Å². The zero-order chi connectivity index (χ0) is 21.0. The van der Waals surface area contributed by atoms with Crippen LogP contribution in [0.2, 0.25) is 0 Å². The number of rotatable bonds is 3. The maximum atomic E-state index is 13.7. The summed E-state index contributed by atoms with van der Waals surface area (Å²) in [6.07, 6.45) is -3.04. The number of anilines is 1. The van der Waals surface area contributed by atoms with Crippen LogP contribution in [0.3, 0.4) is 0 Å². The minimum atomic E-state index is -4.44. The molecular weight excluding hydrogens is 397 g/mol. The predicted octanol–water partition coefficient (Wildman–Crippen LogP) is 4.78. The second-order valence-corrected chi connectivity index (χ2v) is 7.90. The molecule has 0 bridgehead atoms. The number of carbonyl (C=O) groups excluding carboxylic acids is 1. The molecule has 2 atom stereocenters. The lowest BCUT2D eigenvalue weighted by Gasteiger charge is -2.40. The number of alkyl halides is 3. The van der Waals surface area contributed by atoms with Crippen LogP contribution in [-0.4, -0.2) is 33.1 Å². The normalized spacial score (nSPS) is 21.5. The molecule has 6 nitrogen and oxygen atoms in total. The van der Waals surface area contributed by atoms with Crippen molar-refractivity contribution in [2.24, 2.45) is 5.92 Å². The fourth-order valence-corrected chi connectivity index (χ4v) is 4.17. The molecule has 156 valence electrons. The molecule has 2 unspecified atom stereocenters. The molecule has 30 heavy (non-hydrogen) atoms. The monoisotopic (exact) mass is 416 g/mol. The summed E-state index contributed by atoms with van der Waals surface area (Å²) in [5.74, 6) is 0.159. The SMILES string of the molecule is Cc1cc2n(n1)C(C(F)(F)F)CC(C1CC1)N2C(=O)c1cc(-c2ccccc2)on1. The zero-order valence-corrected chi connectivity index (χ0v) is 16.1. The fourth-order valence-electron chi connectivity index (χ4n) is 4.17. The van der Waals surface area contributed by atoms with E-state index >= 15 is 0 Å². The Morgan fingerprint density at radius 1 is 1.17 bits per heavy atom. The summed E-state index contributed by atoms with van der Waals surface area (Å²) in [4.78, 5) is 14.8. The highest BCUT2D eigenvalue weighted by Crippen LogP contribution is 2.48. The Kier molecular flexibility index (Phi) is 4.23. The van der Waals surface area contributed by atoms with Crippen molar-refractivity contribution in [2.45, 2.75) is 44.4 Å². The molecule has 0 spiro atoms. The number of aromatic nitrogens is 3. The van der Waals surface area contributed by atoms with Gasteiger partial charge in [-0.3, -0.25) is 9.69 Å². The van der Waals surface area contributed by atoms with E-state index in [4.69, 9.17) is 4.52 Å². The van der Waals surface area contributed by atoms with E-state index in [9.17, 15) is 18.0 Å². The lowest BCUT2D eigenvalue weighted by molar-refractivity contribution is -0.174. The van der Waals surface area contributed by atoms with Gasteiger partial charge in [0.1, 0.15) is 5.82 Å². The van der Waals surface area contributed by atoms with Crippen LogP contribution in [0.15, 0.2) is 47.0 Å². The topological polar surface area (TPSA) is 64.2 Å². The van der Waals surface area contributed by atoms with Gasteiger partial charge in [0.25, 0.3) is 5.91 Å². The Hall–Kier alpha value is -3.10. The number of nitrogens with zero attached hydrogens (tertiary/aromatic N) is 4. The summed E-state index contributed by atoms with van der Waals surface area (Å²) in [5, 5.41) is 7.96. The van der Waals surface area contributed by atoms with E-state index in [0.29, 0.717) is 11.5 Å². The van der Waals surface area contributed by atoms with E-state index in [1.165, 1.54) is 17.0 Å². The number of carbonyl (C=O) groups is 1. The molecule has 1 fully saturated rings. The summed E-state index contributed by atoms with van der Waals surface area (Å²) < 4.78 is 47.5. The second kappa shape index (κ2) is 6.72. The molecule has 0 N–H and O–H groups in total. The molecule has 1 aliphatic carbocycles.